The van der Waals surface area contributed by atoms with Gasteiger partial charge >= 0.3 is 6.01 Å². The van der Waals surface area contributed by atoms with E-state index in [0.29, 0.717) is 17.1 Å². The molecule has 1 aliphatic rings. The molecule has 1 amide bonds. The second kappa shape index (κ2) is 9.62. The summed E-state index contributed by atoms with van der Waals surface area (Å²) in [4.78, 5) is 27.3. The van der Waals surface area contributed by atoms with Gasteiger partial charge in [-0.15, -0.1) is 11.3 Å². The van der Waals surface area contributed by atoms with Crippen molar-refractivity contribution in [1.82, 2.24) is 19.9 Å². The van der Waals surface area contributed by atoms with E-state index in [4.69, 9.17) is 4.74 Å². The van der Waals surface area contributed by atoms with Crippen molar-refractivity contribution in [3.63, 3.8) is 0 Å². The van der Waals surface area contributed by atoms with E-state index in [0.717, 1.165) is 42.9 Å². The molecule has 1 saturated heterocycles. The van der Waals surface area contributed by atoms with Gasteiger partial charge in [0, 0.05) is 42.9 Å². The number of piperidine rings is 1. The summed E-state index contributed by atoms with van der Waals surface area (Å²) < 4.78 is 5.44. The number of likely N-dealkylation sites (tertiary alicyclic amines) is 1. The van der Waals surface area contributed by atoms with Crippen LogP contribution in [0.2, 0.25) is 0 Å². The van der Waals surface area contributed by atoms with Crippen LogP contribution in [0.1, 0.15) is 44.1 Å². The van der Waals surface area contributed by atoms with Gasteiger partial charge in [-0.25, -0.2) is 15.0 Å². The first-order valence-electron chi connectivity index (χ1n) is 9.43. The summed E-state index contributed by atoms with van der Waals surface area (Å²) in [5.41, 5.74) is 0.814. The average Bonchev–Trinajstić information content (AvgIpc) is 3.08. The van der Waals surface area contributed by atoms with Crippen LogP contribution < -0.4 is 10.1 Å². The van der Waals surface area contributed by atoms with Crippen LogP contribution in [0.3, 0.4) is 0 Å². The summed E-state index contributed by atoms with van der Waals surface area (Å²) in [5, 5.41) is 3.39. The van der Waals surface area contributed by atoms with Gasteiger partial charge in [0.1, 0.15) is 0 Å². The minimum Gasteiger partial charge on any atom is -0.461 e. The first kappa shape index (κ1) is 20.2. The van der Waals surface area contributed by atoms with Crippen molar-refractivity contribution < 1.29 is 9.53 Å². The zero-order valence-corrected chi connectivity index (χ0v) is 17.3. The van der Waals surface area contributed by atoms with E-state index in [1.165, 1.54) is 18.3 Å². The summed E-state index contributed by atoms with van der Waals surface area (Å²) in [7, 11) is 0. The Morgan fingerprint density at radius 1 is 1.29 bits per heavy atom. The highest BCUT2D eigenvalue weighted by atomic mass is 32.1. The molecule has 1 fully saturated rings. The molecule has 3 rings (SSSR count). The van der Waals surface area contributed by atoms with Crippen LogP contribution in [0.15, 0.2) is 18.6 Å². The van der Waals surface area contributed by atoms with Crippen molar-refractivity contribution in [2.24, 2.45) is 5.92 Å². The Morgan fingerprint density at radius 2 is 2.00 bits per heavy atom. The molecule has 0 atom stereocenters. The summed E-state index contributed by atoms with van der Waals surface area (Å²) in [6, 6.07) is 0.388. The lowest BCUT2D eigenvalue weighted by Crippen LogP contribution is -2.32. The highest BCUT2D eigenvalue weighted by molar-refractivity contribution is 7.15. The third kappa shape index (κ3) is 6.29. The Bertz CT molecular complexity index is 845. The monoisotopic (exact) mass is 399 g/mol. The number of aromatic nitrogens is 3. The zero-order valence-electron chi connectivity index (χ0n) is 16.4. The molecule has 0 aliphatic carbocycles. The first-order chi connectivity index (χ1) is 13.5. The summed E-state index contributed by atoms with van der Waals surface area (Å²) in [5.74, 6) is 6.84. The largest absolute Gasteiger partial charge is 0.461 e. The topological polar surface area (TPSA) is 80.2 Å². The van der Waals surface area contributed by atoms with E-state index in [1.807, 2.05) is 20.0 Å². The summed E-state index contributed by atoms with van der Waals surface area (Å²) in [6.07, 6.45) is 7.41. The van der Waals surface area contributed by atoms with Crippen LogP contribution in [-0.4, -0.2) is 45.0 Å². The molecule has 2 aromatic rings. The average molecular weight is 400 g/mol. The highest BCUT2D eigenvalue weighted by Gasteiger charge is 2.18. The molecule has 0 radical (unpaired) electrons. The van der Waals surface area contributed by atoms with Gasteiger partial charge < -0.3 is 10.1 Å². The van der Waals surface area contributed by atoms with Gasteiger partial charge in [0.25, 0.3) is 0 Å². The molecule has 7 nitrogen and oxygen atoms in total. The Balaban J connectivity index is 1.46. The fourth-order valence-electron chi connectivity index (χ4n) is 2.88. The van der Waals surface area contributed by atoms with E-state index < -0.39 is 0 Å². The van der Waals surface area contributed by atoms with Crippen LogP contribution in [-0.2, 0) is 11.3 Å². The van der Waals surface area contributed by atoms with Crippen LogP contribution in [0.4, 0.5) is 5.13 Å². The fourth-order valence-corrected chi connectivity index (χ4v) is 3.78. The van der Waals surface area contributed by atoms with Crippen LogP contribution in [0.25, 0.3) is 0 Å². The number of carbonyl (C=O) groups excluding carboxylic acids is 1. The first-order valence-corrected chi connectivity index (χ1v) is 10.2. The Labute approximate surface area is 169 Å². The lowest BCUT2D eigenvalue weighted by Gasteiger charge is -2.29. The summed E-state index contributed by atoms with van der Waals surface area (Å²) in [6.45, 7) is 8.25. The lowest BCUT2D eigenvalue weighted by molar-refractivity contribution is -0.114. The standard InChI is InChI=1S/C20H25N5O2S/c1-14(2)27-19-21-10-17(11-22-19)5-4-16-6-8-25(9-7-16)13-18-12-23-20(28-18)24-15(3)26/h10-12,14,16H,6-9,13H2,1-3H3,(H,23,24,26). The van der Waals surface area contributed by atoms with Crippen LogP contribution in [0.5, 0.6) is 6.01 Å². The maximum Gasteiger partial charge on any atom is 0.316 e. The maximum absolute atomic E-state index is 11.1. The third-order valence-corrected chi connectivity index (χ3v) is 5.09. The van der Waals surface area contributed by atoms with Gasteiger partial charge in [-0.05, 0) is 39.8 Å². The van der Waals surface area contributed by atoms with Crippen molar-refractivity contribution in [3.8, 4) is 17.9 Å². The molecule has 28 heavy (non-hydrogen) atoms. The fraction of sp³-hybridized carbons (Fsp3) is 0.500. The number of anilines is 1. The van der Waals surface area contributed by atoms with Gasteiger partial charge in [0.05, 0.1) is 11.7 Å². The normalized spacial score (nSPS) is 15.1. The molecule has 0 aromatic carbocycles. The van der Waals surface area contributed by atoms with Crippen LogP contribution in [0, 0.1) is 17.8 Å². The minimum absolute atomic E-state index is 0.0593. The number of carbonyl (C=O) groups is 1. The van der Waals surface area contributed by atoms with Gasteiger partial charge in [0.2, 0.25) is 5.91 Å². The highest BCUT2D eigenvalue weighted by Crippen LogP contribution is 2.23. The number of ether oxygens (including phenoxy) is 1. The predicted octanol–water partition coefficient (Wildman–Crippen LogP) is 2.94. The molecule has 1 aliphatic heterocycles. The van der Waals surface area contributed by atoms with E-state index in [2.05, 4.69) is 37.0 Å². The Morgan fingerprint density at radius 3 is 2.64 bits per heavy atom. The van der Waals surface area contributed by atoms with Gasteiger partial charge in [0.15, 0.2) is 5.13 Å². The Hall–Kier alpha value is -2.50. The van der Waals surface area contributed by atoms with Gasteiger partial charge in [-0.3, -0.25) is 9.69 Å². The van der Waals surface area contributed by atoms with Crippen molar-refractivity contribution in [3.05, 3.63) is 29.0 Å². The predicted molar refractivity (Wildman–Crippen MR) is 109 cm³/mol. The number of hydrogen-bond donors (Lipinski definition) is 1. The number of hydrogen-bond acceptors (Lipinski definition) is 7. The van der Waals surface area contributed by atoms with E-state index in [-0.39, 0.29) is 12.0 Å². The number of nitrogens with one attached hydrogen (secondary N) is 1. The molecule has 0 saturated carbocycles. The molecule has 3 heterocycles. The molecule has 2 aromatic heterocycles. The number of thiazole rings is 1. The number of rotatable bonds is 5. The lowest BCUT2D eigenvalue weighted by atomic mass is 9.97. The third-order valence-electron chi connectivity index (χ3n) is 4.19. The molecular formula is C20H25N5O2S. The number of amides is 1. The molecule has 8 heteroatoms. The second-order valence-corrected chi connectivity index (χ2v) is 8.17. The smallest absolute Gasteiger partial charge is 0.316 e. The van der Waals surface area contributed by atoms with Gasteiger partial charge in [-0.2, -0.15) is 0 Å². The zero-order chi connectivity index (χ0) is 19.9. The van der Waals surface area contributed by atoms with Crippen LogP contribution >= 0.6 is 11.3 Å². The Kier molecular flexibility index (Phi) is 6.95. The van der Waals surface area contributed by atoms with E-state index >= 15 is 0 Å². The van der Waals surface area contributed by atoms with Crippen molar-refractivity contribution in [1.29, 1.82) is 0 Å². The number of nitrogens with zero attached hydrogens (tertiary/aromatic N) is 4. The van der Waals surface area contributed by atoms with Gasteiger partial charge in [-0.1, -0.05) is 11.8 Å². The second-order valence-electron chi connectivity index (χ2n) is 7.05. The SMILES string of the molecule is CC(=O)Nc1ncc(CN2CCC(C#Cc3cnc(OC(C)C)nc3)CC2)s1. The van der Waals surface area contributed by atoms with Crippen molar-refractivity contribution in [2.45, 2.75) is 46.3 Å². The van der Waals surface area contributed by atoms with E-state index in [1.54, 1.807) is 12.4 Å². The molecule has 1 N–H and O–H groups in total. The van der Waals surface area contributed by atoms with Crippen molar-refractivity contribution >= 4 is 22.4 Å². The molecule has 0 bridgehead atoms. The van der Waals surface area contributed by atoms with E-state index in [9.17, 15) is 4.79 Å². The molecular weight excluding hydrogens is 374 g/mol. The molecule has 0 spiro atoms. The maximum atomic E-state index is 11.1. The van der Waals surface area contributed by atoms with Crippen molar-refractivity contribution in [2.75, 3.05) is 18.4 Å². The molecule has 0 unspecified atom stereocenters. The minimum atomic E-state index is -0.0900. The molecule has 148 valence electrons. The quantitative estimate of drug-likeness (QED) is 0.779. The summed E-state index contributed by atoms with van der Waals surface area (Å²) >= 11 is 1.53.